The molecule has 122 valence electrons. The van der Waals surface area contributed by atoms with Gasteiger partial charge in [-0.25, -0.2) is 18.1 Å². The highest BCUT2D eigenvalue weighted by Crippen LogP contribution is 2.24. The fourth-order valence-corrected chi connectivity index (χ4v) is 2.51. The number of carbonyl (C=O) groups is 1. The van der Waals surface area contributed by atoms with Crippen LogP contribution in [0.2, 0.25) is 0 Å². The third-order valence-electron chi connectivity index (χ3n) is 3.17. The summed E-state index contributed by atoms with van der Waals surface area (Å²) in [5.41, 5.74) is 0.624. The van der Waals surface area contributed by atoms with E-state index in [0.29, 0.717) is 31.2 Å². The summed E-state index contributed by atoms with van der Waals surface area (Å²) in [6.45, 7) is 0.813. The van der Waals surface area contributed by atoms with Crippen LogP contribution in [-0.2, 0) is 19.6 Å². The maximum absolute atomic E-state index is 12.1. The van der Waals surface area contributed by atoms with E-state index in [1.807, 2.05) is 0 Å². The van der Waals surface area contributed by atoms with Gasteiger partial charge in [-0.15, -0.1) is 0 Å². The van der Waals surface area contributed by atoms with Crippen molar-refractivity contribution >= 4 is 21.7 Å². The van der Waals surface area contributed by atoms with E-state index in [2.05, 4.69) is 20.0 Å². The number of anilines is 1. The molecule has 0 saturated carbocycles. The smallest absolute Gasteiger partial charge is 0.237 e. The monoisotopic (exact) mass is 329 g/mol. The van der Waals surface area contributed by atoms with Crippen LogP contribution in [0.15, 0.2) is 12.4 Å². The Kier molecular flexibility index (Phi) is 5.27. The number of nitrogens with zero attached hydrogens (tertiary/aromatic N) is 3. The molecule has 22 heavy (non-hydrogen) atoms. The van der Waals surface area contributed by atoms with Crippen molar-refractivity contribution in [2.45, 2.75) is 6.10 Å². The van der Waals surface area contributed by atoms with E-state index in [0.717, 1.165) is 6.26 Å². The molecular formula is C12H19N5O4S. The van der Waals surface area contributed by atoms with Gasteiger partial charge in [-0.1, -0.05) is 0 Å². The molecule has 1 saturated heterocycles. The van der Waals surface area contributed by atoms with E-state index in [1.54, 1.807) is 24.3 Å². The molecule has 1 amide bonds. The van der Waals surface area contributed by atoms with Gasteiger partial charge >= 0.3 is 0 Å². The summed E-state index contributed by atoms with van der Waals surface area (Å²) in [6, 6.07) is 0. The standard InChI is InChI=1S/C12H19N5O4S/c1-13-12-11(14-3-4-15-12)9-8-17(5-6-21-9)10(18)7-16-22(2,19)20/h3-4,9,16H,5-8H2,1-2H3,(H,13,15). The lowest BCUT2D eigenvalue weighted by Gasteiger charge is -2.33. The number of hydrogen-bond donors (Lipinski definition) is 2. The fraction of sp³-hybridized carbons (Fsp3) is 0.583. The Morgan fingerprint density at radius 1 is 1.45 bits per heavy atom. The highest BCUT2D eigenvalue weighted by atomic mass is 32.2. The minimum absolute atomic E-state index is 0.259. The van der Waals surface area contributed by atoms with Gasteiger partial charge in [0.2, 0.25) is 15.9 Å². The van der Waals surface area contributed by atoms with Crippen molar-refractivity contribution < 1.29 is 17.9 Å². The highest BCUT2D eigenvalue weighted by molar-refractivity contribution is 7.88. The van der Waals surface area contributed by atoms with Crippen LogP contribution < -0.4 is 10.0 Å². The van der Waals surface area contributed by atoms with Crippen molar-refractivity contribution in [1.29, 1.82) is 0 Å². The molecular weight excluding hydrogens is 310 g/mol. The second-order valence-corrected chi connectivity index (χ2v) is 6.67. The molecule has 1 aromatic rings. The number of sulfonamides is 1. The van der Waals surface area contributed by atoms with E-state index >= 15 is 0 Å². The Morgan fingerprint density at radius 3 is 2.86 bits per heavy atom. The Bertz CT molecular complexity index is 636. The topological polar surface area (TPSA) is 114 Å². The van der Waals surface area contributed by atoms with Gasteiger partial charge in [0, 0.05) is 26.0 Å². The maximum Gasteiger partial charge on any atom is 0.237 e. The Morgan fingerprint density at radius 2 is 2.18 bits per heavy atom. The second-order valence-electron chi connectivity index (χ2n) is 4.83. The van der Waals surface area contributed by atoms with Crippen molar-refractivity contribution in [2.75, 3.05) is 44.9 Å². The number of ether oxygens (including phenoxy) is 1. The maximum atomic E-state index is 12.1. The Labute approximate surface area is 129 Å². The van der Waals surface area contributed by atoms with Crippen LogP contribution in [-0.4, -0.2) is 68.7 Å². The second kappa shape index (κ2) is 6.99. The first kappa shape index (κ1) is 16.6. The molecule has 2 heterocycles. The van der Waals surface area contributed by atoms with Crippen LogP contribution in [0, 0.1) is 0 Å². The normalized spacial score (nSPS) is 19.0. The first-order valence-electron chi connectivity index (χ1n) is 6.73. The van der Waals surface area contributed by atoms with Gasteiger partial charge in [0.25, 0.3) is 0 Å². The van der Waals surface area contributed by atoms with Crippen LogP contribution in [0.1, 0.15) is 11.8 Å². The molecule has 0 spiro atoms. The van der Waals surface area contributed by atoms with Crippen molar-refractivity contribution in [1.82, 2.24) is 19.6 Å². The fourth-order valence-electron chi connectivity index (χ4n) is 2.12. The van der Waals surface area contributed by atoms with Gasteiger partial charge in [-0.2, -0.15) is 0 Å². The Hall–Kier alpha value is -1.78. The molecule has 0 radical (unpaired) electrons. The summed E-state index contributed by atoms with van der Waals surface area (Å²) < 4.78 is 30.0. The zero-order valence-corrected chi connectivity index (χ0v) is 13.3. The zero-order valence-electron chi connectivity index (χ0n) is 12.4. The van der Waals surface area contributed by atoms with Crippen LogP contribution in [0.4, 0.5) is 5.82 Å². The average Bonchev–Trinajstić information content (AvgIpc) is 2.52. The first-order chi connectivity index (χ1) is 10.4. The predicted octanol–water partition coefficient (Wildman–Crippen LogP) is -1.03. The van der Waals surface area contributed by atoms with Gasteiger partial charge in [0.1, 0.15) is 17.6 Å². The summed E-state index contributed by atoms with van der Waals surface area (Å²) in [6.07, 6.45) is 3.75. The van der Waals surface area contributed by atoms with Crippen molar-refractivity contribution in [3.63, 3.8) is 0 Å². The number of carbonyl (C=O) groups excluding carboxylic acids is 1. The minimum atomic E-state index is -3.40. The quantitative estimate of drug-likeness (QED) is 0.710. The van der Waals surface area contributed by atoms with E-state index in [1.165, 1.54) is 0 Å². The van der Waals surface area contributed by atoms with Crippen LogP contribution >= 0.6 is 0 Å². The largest absolute Gasteiger partial charge is 0.372 e. The molecule has 9 nitrogen and oxygen atoms in total. The van der Waals surface area contributed by atoms with E-state index in [9.17, 15) is 13.2 Å². The molecule has 1 unspecified atom stereocenters. The highest BCUT2D eigenvalue weighted by Gasteiger charge is 2.28. The lowest BCUT2D eigenvalue weighted by molar-refractivity contribution is -0.137. The zero-order chi connectivity index (χ0) is 16.2. The lowest BCUT2D eigenvalue weighted by atomic mass is 10.2. The first-order valence-corrected chi connectivity index (χ1v) is 8.62. The van der Waals surface area contributed by atoms with Crippen LogP contribution in [0.5, 0.6) is 0 Å². The van der Waals surface area contributed by atoms with E-state index in [-0.39, 0.29) is 12.5 Å². The summed E-state index contributed by atoms with van der Waals surface area (Å²) in [4.78, 5) is 22.0. The number of aromatic nitrogens is 2. The van der Waals surface area contributed by atoms with Gasteiger partial charge in [-0.05, 0) is 0 Å². The number of hydrogen-bond acceptors (Lipinski definition) is 7. The molecule has 1 aliphatic rings. The summed E-state index contributed by atoms with van der Waals surface area (Å²) in [7, 11) is -1.66. The summed E-state index contributed by atoms with van der Waals surface area (Å²) in [5.74, 6) is 0.296. The Balaban J connectivity index is 2.04. The molecule has 1 fully saturated rings. The lowest BCUT2D eigenvalue weighted by Crippen LogP contribution is -2.46. The third-order valence-corrected chi connectivity index (χ3v) is 3.84. The number of amides is 1. The molecule has 10 heteroatoms. The van der Waals surface area contributed by atoms with Crippen molar-refractivity contribution in [3.8, 4) is 0 Å². The molecule has 2 N–H and O–H groups in total. The SMILES string of the molecule is CNc1nccnc1C1CN(C(=O)CNS(C)(=O)=O)CCO1. The average molecular weight is 329 g/mol. The molecule has 0 bridgehead atoms. The predicted molar refractivity (Wildman–Crippen MR) is 79.7 cm³/mol. The third kappa shape index (κ3) is 4.36. The van der Waals surface area contributed by atoms with Gasteiger partial charge in [0.05, 0.1) is 26.0 Å². The molecule has 1 aromatic heterocycles. The number of nitrogens with one attached hydrogen (secondary N) is 2. The molecule has 0 aromatic carbocycles. The summed E-state index contributed by atoms with van der Waals surface area (Å²) >= 11 is 0. The molecule has 0 aliphatic carbocycles. The van der Waals surface area contributed by atoms with Gasteiger partial charge in [-0.3, -0.25) is 9.78 Å². The molecule has 1 atom stereocenters. The van der Waals surface area contributed by atoms with E-state index in [4.69, 9.17) is 4.74 Å². The van der Waals surface area contributed by atoms with Crippen molar-refractivity contribution in [2.24, 2.45) is 0 Å². The minimum Gasteiger partial charge on any atom is -0.372 e. The number of rotatable bonds is 5. The summed E-state index contributed by atoms with van der Waals surface area (Å²) in [5, 5.41) is 2.93. The van der Waals surface area contributed by atoms with Gasteiger partial charge in [0.15, 0.2) is 0 Å². The molecule has 2 rings (SSSR count). The van der Waals surface area contributed by atoms with Crippen molar-refractivity contribution in [3.05, 3.63) is 18.1 Å². The van der Waals surface area contributed by atoms with Crippen LogP contribution in [0.3, 0.4) is 0 Å². The van der Waals surface area contributed by atoms with Gasteiger partial charge < -0.3 is 15.0 Å². The number of morpholine rings is 1. The molecule has 1 aliphatic heterocycles. The van der Waals surface area contributed by atoms with E-state index < -0.39 is 16.1 Å². The van der Waals surface area contributed by atoms with Crippen LogP contribution in [0.25, 0.3) is 0 Å².